The van der Waals surface area contributed by atoms with Crippen LogP contribution in [0, 0.1) is 0 Å². The van der Waals surface area contributed by atoms with E-state index in [9.17, 15) is 20.4 Å². The average molecular weight is 358 g/mol. The topological polar surface area (TPSA) is 80.9 Å². The summed E-state index contributed by atoms with van der Waals surface area (Å²) in [7, 11) is 0. The molecule has 4 N–H and O–H groups in total. The zero-order valence-electron chi connectivity index (χ0n) is 16.7. The predicted molar refractivity (Wildman–Crippen MR) is 104 cm³/mol. The van der Waals surface area contributed by atoms with E-state index in [0.29, 0.717) is 22.3 Å². The zero-order chi connectivity index (χ0) is 20.0. The van der Waals surface area contributed by atoms with Crippen LogP contribution in [0.3, 0.4) is 0 Å². The van der Waals surface area contributed by atoms with Gasteiger partial charge in [-0.25, -0.2) is 0 Å². The fourth-order valence-electron chi connectivity index (χ4n) is 3.79. The van der Waals surface area contributed by atoms with Crippen LogP contribution < -0.4 is 0 Å². The molecule has 0 aliphatic carbocycles. The van der Waals surface area contributed by atoms with Gasteiger partial charge in [-0.1, -0.05) is 48.5 Å². The number of aromatic hydroxyl groups is 4. The van der Waals surface area contributed by atoms with Gasteiger partial charge in [0.15, 0.2) is 0 Å². The molecular weight excluding hydrogens is 328 g/mol. The van der Waals surface area contributed by atoms with Gasteiger partial charge in [0.05, 0.1) is 0 Å². The maximum absolute atomic E-state index is 10.6. The van der Waals surface area contributed by atoms with Gasteiger partial charge in [0.1, 0.15) is 23.0 Å². The summed E-state index contributed by atoms with van der Waals surface area (Å²) in [6.45, 7) is 13.6. The Balaban J connectivity index is 2.87. The van der Waals surface area contributed by atoms with E-state index >= 15 is 0 Å². The second kappa shape index (κ2) is 6.42. The van der Waals surface area contributed by atoms with Gasteiger partial charge in [0, 0.05) is 28.2 Å². The van der Waals surface area contributed by atoms with Crippen molar-refractivity contribution in [2.75, 3.05) is 0 Å². The molecule has 0 atom stereocenters. The summed E-state index contributed by atoms with van der Waals surface area (Å²) in [4.78, 5) is 0. The molecule has 0 saturated heterocycles. The van der Waals surface area contributed by atoms with E-state index in [2.05, 4.69) is 0 Å². The molecule has 2 rings (SSSR count). The van der Waals surface area contributed by atoms with Gasteiger partial charge < -0.3 is 20.4 Å². The van der Waals surface area contributed by atoms with Crippen molar-refractivity contribution in [3.8, 4) is 23.0 Å². The van der Waals surface area contributed by atoms with Crippen LogP contribution in [-0.2, 0) is 10.8 Å². The minimum absolute atomic E-state index is 0.0582. The number of benzene rings is 2. The highest BCUT2D eigenvalue weighted by molar-refractivity contribution is 5.60. The summed E-state index contributed by atoms with van der Waals surface area (Å²) in [5.74, 6) is -0.105. The number of phenols is 4. The van der Waals surface area contributed by atoms with Crippen LogP contribution in [0.25, 0.3) is 0 Å². The highest BCUT2D eigenvalue weighted by atomic mass is 16.3. The van der Waals surface area contributed by atoms with Gasteiger partial charge in [-0.2, -0.15) is 0 Å². The molecule has 0 spiro atoms. The number of hydrogen-bond acceptors (Lipinski definition) is 4. The summed E-state index contributed by atoms with van der Waals surface area (Å²) in [5, 5.41) is 42.2. The standard InChI is InChI=1S/C22H30O4/c1-12(17-13(23)8-10-15(25)19(17)21(2,3)4)18-14(24)9-11-16(26)20(18)22(5,6)7/h8-12,23-26H,1-7H3. The van der Waals surface area contributed by atoms with E-state index in [1.165, 1.54) is 24.3 Å². The van der Waals surface area contributed by atoms with Crippen molar-refractivity contribution in [3.05, 3.63) is 46.5 Å². The van der Waals surface area contributed by atoms with E-state index in [1.54, 1.807) is 0 Å². The van der Waals surface area contributed by atoms with Gasteiger partial charge >= 0.3 is 0 Å². The summed E-state index contributed by atoms with van der Waals surface area (Å²) < 4.78 is 0. The Kier molecular flexibility index (Phi) is 4.93. The van der Waals surface area contributed by atoms with Crippen molar-refractivity contribution in [2.24, 2.45) is 0 Å². The Morgan fingerprint density at radius 2 is 0.846 bits per heavy atom. The van der Waals surface area contributed by atoms with E-state index in [0.717, 1.165) is 0 Å². The first-order valence-electron chi connectivity index (χ1n) is 8.87. The van der Waals surface area contributed by atoms with Crippen LogP contribution in [0.2, 0.25) is 0 Å². The number of phenolic OH excluding ortho intramolecular Hbond substituents is 4. The van der Waals surface area contributed by atoms with Crippen LogP contribution in [-0.4, -0.2) is 20.4 Å². The lowest BCUT2D eigenvalue weighted by atomic mass is 9.73. The monoisotopic (exact) mass is 358 g/mol. The average Bonchev–Trinajstić information content (AvgIpc) is 2.48. The van der Waals surface area contributed by atoms with Gasteiger partial charge in [-0.3, -0.25) is 0 Å². The Hall–Kier alpha value is -2.36. The SMILES string of the molecule is CC(c1c(O)ccc(O)c1C(C)(C)C)c1c(O)ccc(O)c1C(C)(C)C. The second-order valence-electron chi connectivity index (χ2n) is 9.01. The highest BCUT2D eigenvalue weighted by Crippen LogP contribution is 2.49. The Labute approximate surface area is 155 Å². The minimum Gasteiger partial charge on any atom is -0.508 e. The fraction of sp³-hybridized carbons (Fsp3) is 0.455. The molecule has 4 heteroatoms. The van der Waals surface area contributed by atoms with Gasteiger partial charge in [0.25, 0.3) is 0 Å². The second-order valence-corrected chi connectivity index (χ2v) is 9.01. The van der Waals surface area contributed by atoms with Gasteiger partial charge in [-0.05, 0) is 35.1 Å². The van der Waals surface area contributed by atoms with Crippen molar-refractivity contribution in [1.29, 1.82) is 0 Å². The molecule has 0 bridgehead atoms. The number of rotatable bonds is 2. The summed E-state index contributed by atoms with van der Waals surface area (Å²) >= 11 is 0. The quantitative estimate of drug-likeness (QED) is 0.552. The third-order valence-corrected chi connectivity index (χ3v) is 4.77. The molecule has 2 aromatic rings. The Bertz CT molecular complexity index is 754. The van der Waals surface area contributed by atoms with Crippen molar-refractivity contribution in [3.63, 3.8) is 0 Å². The van der Waals surface area contributed by atoms with Crippen molar-refractivity contribution < 1.29 is 20.4 Å². The summed E-state index contributed by atoms with van der Waals surface area (Å²) in [6.07, 6.45) is 0. The minimum atomic E-state index is -0.433. The van der Waals surface area contributed by atoms with E-state index in [1.807, 2.05) is 48.5 Å². The van der Waals surface area contributed by atoms with Crippen molar-refractivity contribution >= 4 is 0 Å². The molecule has 0 radical (unpaired) electrons. The smallest absolute Gasteiger partial charge is 0.119 e. The zero-order valence-corrected chi connectivity index (χ0v) is 16.7. The van der Waals surface area contributed by atoms with Crippen LogP contribution in [0.15, 0.2) is 24.3 Å². The van der Waals surface area contributed by atoms with Crippen LogP contribution in [0.5, 0.6) is 23.0 Å². The third-order valence-electron chi connectivity index (χ3n) is 4.77. The Morgan fingerprint density at radius 1 is 0.577 bits per heavy atom. The molecule has 0 aromatic heterocycles. The molecule has 2 aromatic carbocycles. The first-order chi connectivity index (χ1) is 11.8. The lowest BCUT2D eigenvalue weighted by Gasteiger charge is -2.31. The molecule has 0 saturated carbocycles. The van der Waals surface area contributed by atoms with E-state index in [4.69, 9.17) is 0 Å². The first-order valence-corrected chi connectivity index (χ1v) is 8.87. The molecule has 0 aliphatic rings. The highest BCUT2D eigenvalue weighted by Gasteiger charge is 2.33. The molecule has 0 heterocycles. The van der Waals surface area contributed by atoms with Crippen LogP contribution in [0.4, 0.5) is 0 Å². The van der Waals surface area contributed by atoms with Crippen molar-refractivity contribution in [2.45, 2.75) is 65.2 Å². The lowest BCUT2D eigenvalue weighted by molar-refractivity contribution is 0.416. The molecule has 4 nitrogen and oxygen atoms in total. The van der Waals surface area contributed by atoms with Crippen molar-refractivity contribution in [1.82, 2.24) is 0 Å². The fourth-order valence-corrected chi connectivity index (χ4v) is 3.79. The normalized spacial score (nSPS) is 12.6. The largest absolute Gasteiger partial charge is 0.508 e. The van der Waals surface area contributed by atoms with Crippen LogP contribution >= 0.6 is 0 Å². The summed E-state index contributed by atoms with van der Waals surface area (Å²) in [6, 6.07) is 5.90. The maximum atomic E-state index is 10.6. The van der Waals surface area contributed by atoms with E-state index in [-0.39, 0.29) is 23.0 Å². The molecule has 0 amide bonds. The first kappa shape index (κ1) is 20.0. The molecular formula is C22H30O4. The molecule has 0 aliphatic heterocycles. The van der Waals surface area contributed by atoms with Gasteiger partial charge in [-0.15, -0.1) is 0 Å². The molecule has 0 fully saturated rings. The van der Waals surface area contributed by atoms with Gasteiger partial charge in [0.2, 0.25) is 0 Å². The van der Waals surface area contributed by atoms with E-state index < -0.39 is 16.7 Å². The third kappa shape index (κ3) is 3.46. The Morgan fingerprint density at radius 3 is 1.12 bits per heavy atom. The lowest BCUT2D eigenvalue weighted by Crippen LogP contribution is -2.20. The summed E-state index contributed by atoms with van der Waals surface area (Å²) in [5.41, 5.74) is 1.55. The molecule has 142 valence electrons. The predicted octanol–water partition coefficient (Wildman–Crippen LogP) is 5.26. The molecule has 0 unspecified atom stereocenters. The van der Waals surface area contributed by atoms with Crippen LogP contribution in [0.1, 0.15) is 76.6 Å². The molecule has 26 heavy (non-hydrogen) atoms. The maximum Gasteiger partial charge on any atom is 0.119 e. The number of hydrogen-bond donors (Lipinski definition) is 4.